The Balaban J connectivity index is 0.000000310. The Morgan fingerprint density at radius 2 is 0.980 bits per heavy atom. The van der Waals surface area contributed by atoms with Gasteiger partial charge in [-0.2, -0.15) is 49.2 Å². The number of para-hydroxylation sites is 4. The first kappa shape index (κ1) is 38.1. The molecule has 0 aliphatic rings. The Hall–Kier alpha value is -4.71. The van der Waals surface area contributed by atoms with Crippen molar-refractivity contribution in [3.8, 4) is 17.2 Å². The van der Waals surface area contributed by atoms with Crippen LogP contribution >= 0.6 is 0 Å². The molecule has 0 fully saturated rings. The van der Waals surface area contributed by atoms with Gasteiger partial charge in [0.25, 0.3) is 0 Å². The first-order valence-corrected chi connectivity index (χ1v) is 16.9. The van der Waals surface area contributed by atoms with E-state index in [-0.39, 0.29) is 25.8 Å². The van der Waals surface area contributed by atoms with Crippen LogP contribution in [0.2, 0.25) is 0 Å². The summed E-state index contributed by atoms with van der Waals surface area (Å²) in [7, 11) is 0. The number of hydrogen-bond acceptors (Lipinski definition) is 3. The number of hydrogen-bond donors (Lipinski definition) is 3. The summed E-state index contributed by atoms with van der Waals surface area (Å²) in [5.41, 5.74) is 8.00. The number of fused-ring (bicyclic) bond motifs is 3. The quantitative estimate of drug-likeness (QED) is 0.0813. The second kappa shape index (κ2) is 18.9. The van der Waals surface area contributed by atoms with E-state index in [0.29, 0.717) is 17.4 Å². The Kier molecular flexibility index (Phi) is 14.4. The van der Waals surface area contributed by atoms with Crippen LogP contribution in [0.25, 0.3) is 27.5 Å². The molecule has 1 heterocycles. The Bertz CT molecular complexity index is 1980. The van der Waals surface area contributed by atoms with Gasteiger partial charge in [-0.25, -0.2) is 0 Å². The molecule has 1 aromatic heterocycles. The van der Waals surface area contributed by atoms with Crippen molar-refractivity contribution >= 4 is 21.8 Å². The van der Waals surface area contributed by atoms with Crippen molar-refractivity contribution in [3.05, 3.63) is 187 Å². The summed E-state index contributed by atoms with van der Waals surface area (Å²) in [5, 5.41) is 27.6. The van der Waals surface area contributed by atoms with Gasteiger partial charge in [0.05, 0.1) is 16.7 Å². The minimum Gasteiger partial charge on any atom is -0.507 e. The van der Waals surface area contributed by atoms with Crippen LogP contribution in [0.3, 0.4) is 0 Å². The third-order valence-electron chi connectivity index (χ3n) is 8.52. The maximum Gasteiger partial charge on any atom is 0.142 e. The molecular formula is C45H46HfN2O2-2. The second-order valence-corrected chi connectivity index (χ2v) is 12.4. The average Bonchev–Trinajstić information content (AvgIpc) is 3.45. The Morgan fingerprint density at radius 3 is 1.44 bits per heavy atom. The maximum absolute atomic E-state index is 11.3. The molecule has 7 aromatic rings. The Morgan fingerprint density at radius 1 is 0.540 bits per heavy atom. The van der Waals surface area contributed by atoms with Crippen molar-refractivity contribution in [1.82, 2.24) is 9.88 Å². The van der Waals surface area contributed by atoms with Crippen molar-refractivity contribution < 1.29 is 36.1 Å². The molecule has 0 bridgehead atoms. The average molecular weight is 825 g/mol. The zero-order chi connectivity index (χ0) is 34.6. The summed E-state index contributed by atoms with van der Waals surface area (Å²) < 4.78 is 2.15. The molecule has 254 valence electrons. The number of nitrogens with one attached hydrogen (secondary N) is 1. The molecule has 0 aliphatic carbocycles. The van der Waals surface area contributed by atoms with Crippen LogP contribution in [0, 0.1) is 13.8 Å². The van der Waals surface area contributed by atoms with Crippen molar-refractivity contribution in [1.29, 1.82) is 0 Å². The van der Waals surface area contributed by atoms with Gasteiger partial charge >= 0.3 is 0 Å². The maximum atomic E-state index is 11.3. The molecule has 0 aliphatic heterocycles. The minimum absolute atomic E-state index is 0. The van der Waals surface area contributed by atoms with Crippen LogP contribution in [0.1, 0.15) is 47.6 Å². The fourth-order valence-corrected chi connectivity index (χ4v) is 5.95. The zero-order valence-corrected chi connectivity index (χ0v) is 32.6. The molecule has 5 heteroatoms. The number of nitrogens with zero attached hydrogens (tertiary/aromatic N) is 1. The molecule has 3 N–H and O–H groups in total. The predicted octanol–water partition coefficient (Wildman–Crippen LogP) is 10.4. The minimum atomic E-state index is 0. The summed E-state index contributed by atoms with van der Waals surface area (Å²) in [6, 6.07) is 48.4. The van der Waals surface area contributed by atoms with E-state index >= 15 is 0 Å². The van der Waals surface area contributed by atoms with E-state index in [1.165, 1.54) is 10.8 Å². The largest absolute Gasteiger partial charge is 0.507 e. The number of phenols is 2. The molecule has 50 heavy (non-hydrogen) atoms. The van der Waals surface area contributed by atoms with Crippen LogP contribution in [0.5, 0.6) is 11.5 Å². The van der Waals surface area contributed by atoms with E-state index in [1.807, 2.05) is 109 Å². The number of benzene rings is 6. The van der Waals surface area contributed by atoms with Gasteiger partial charge in [-0.3, -0.25) is 0 Å². The molecule has 0 saturated heterocycles. The van der Waals surface area contributed by atoms with Crippen LogP contribution in [-0.2, 0) is 38.7 Å². The second-order valence-electron chi connectivity index (χ2n) is 12.4. The molecule has 7 rings (SSSR count). The molecule has 0 saturated carbocycles. The van der Waals surface area contributed by atoms with E-state index in [9.17, 15) is 10.2 Å². The third kappa shape index (κ3) is 9.71. The van der Waals surface area contributed by atoms with Gasteiger partial charge in [-0.05, 0) is 66.7 Å². The summed E-state index contributed by atoms with van der Waals surface area (Å²) in [4.78, 5) is 0. The molecule has 0 atom stereocenters. The van der Waals surface area contributed by atoms with Gasteiger partial charge in [0.2, 0.25) is 0 Å². The molecule has 4 nitrogen and oxygen atoms in total. The summed E-state index contributed by atoms with van der Waals surface area (Å²) in [6.07, 6.45) is 1.48. The smallest absolute Gasteiger partial charge is 0.142 e. The first-order chi connectivity index (χ1) is 23.8. The summed E-state index contributed by atoms with van der Waals surface area (Å²) in [5.74, 6) is 1.04. The van der Waals surface area contributed by atoms with E-state index in [0.717, 1.165) is 70.5 Å². The zero-order valence-electron chi connectivity index (χ0n) is 29.0. The van der Waals surface area contributed by atoms with E-state index in [2.05, 4.69) is 74.0 Å². The van der Waals surface area contributed by atoms with E-state index < -0.39 is 0 Å². The van der Waals surface area contributed by atoms with Gasteiger partial charge in [-0.15, -0.1) is 24.3 Å². The summed E-state index contributed by atoms with van der Waals surface area (Å²) in [6.45, 7) is 13.1. The fraction of sp³-hybridized carbons (Fsp3) is 0.156. The first-order valence-electron chi connectivity index (χ1n) is 16.9. The van der Waals surface area contributed by atoms with E-state index in [1.54, 1.807) is 0 Å². The van der Waals surface area contributed by atoms with Gasteiger partial charge in [0.1, 0.15) is 11.5 Å². The van der Waals surface area contributed by atoms with Crippen LogP contribution in [0.4, 0.5) is 0 Å². The van der Waals surface area contributed by atoms with Crippen molar-refractivity contribution in [2.24, 2.45) is 0 Å². The van der Waals surface area contributed by atoms with Gasteiger partial charge in [0.15, 0.2) is 0 Å². The number of aromatic nitrogens is 1. The topological polar surface area (TPSA) is 57.4 Å². The van der Waals surface area contributed by atoms with Crippen molar-refractivity contribution in [2.75, 3.05) is 13.1 Å². The molecular weight excluding hydrogens is 779 g/mol. The van der Waals surface area contributed by atoms with Crippen LogP contribution in [-0.4, -0.2) is 27.9 Å². The molecule has 6 aromatic carbocycles. The predicted molar refractivity (Wildman–Crippen MR) is 207 cm³/mol. The third-order valence-corrected chi connectivity index (χ3v) is 8.52. The normalized spacial score (nSPS) is 10.5. The number of aromatic hydroxyl groups is 2. The van der Waals surface area contributed by atoms with Gasteiger partial charge in [0, 0.05) is 36.6 Å². The SMILES string of the molecule is CC(C)c1cccc(CCNCCc2cccc(-n3c4ccccc4c4ccccc43)c2O)c1O.[CH2-]c1ccccc1.[CH2-]c1ccccc1.[Hf]. The Labute approximate surface area is 316 Å². The molecule has 0 spiro atoms. The van der Waals surface area contributed by atoms with Gasteiger partial charge < -0.3 is 20.1 Å². The van der Waals surface area contributed by atoms with Crippen LogP contribution < -0.4 is 5.32 Å². The van der Waals surface area contributed by atoms with E-state index in [4.69, 9.17) is 0 Å². The molecule has 0 unspecified atom stereocenters. The molecule has 0 amide bonds. The van der Waals surface area contributed by atoms with Crippen molar-refractivity contribution in [2.45, 2.75) is 32.6 Å². The van der Waals surface area contributed by atoms with Gasteiger partial charge in [-0.1, -0.05) is 92.7 Å². The fourth-order valence-electron chi connectivity index (χ4n) is 5.95. The molecule has 0 radical (unpaired) electrons. The van der Waals surface area contributed by atoms with Crippen molar-refractivity contribution in [3.63, 3.8) is 0 Å². The van der Waals surface area contributed by atoms with Crippen LogP contribution in [0.15, 0.2) is 146 Å². The summed E-state index contributed by atoms with van der Waals surface area (Å²) >= 11 is 0. The number of phenolic OH excluding ortho intramolecular Hbond substituents is 2. The standard InChI is InChI=1S/C31H32N2O2.2C7H7.Hf/c1-21(2)24-13-7-9-22(30(24)34)17-19-32-20-18-23-10-8-16-29(31(23)35)33-27-14-5-3-11-25(27)26-12-4-6-15-28(26)33;2*1-7-5-3-2-4-6-7;/h3-16,21,32,34-35H,17-20H2,1-2H3;2*2-6H,1H2;/q;2*-1;. The monoisotopic (exact) mass is 826 g/mol. The number of rotatable bonds is 8.